The van der Waals surface area contributed by atoms with Crippen LogP contribution >= 0.6 is 0 Å². The lowest BCUT2D eigenvalue weighted by molar-refractivity contribution is 0.444. The molecule has 1 aliphatic heterocycles. The van der Waals surface area contributed by atoms with Gasteiger partial charge in [-0.1, -0.05) is 158 Å². The smallest absolute Gasteiger partial charge is 0.137 e. The molecule has 0 unspecified atom stereocenters. The highest BCUT2D eigenvalue weighted by Crippen LogP contribution is 2.50. The molecule has 0 aliphatic carbocycles. The van der Waals surface area contributed by atoms with E-state index in [1.165, 1.54) is 55.7 Å². The molecule has 0 spiro atoms. The van der Waals surface area contributed by atoms with Gasteiger partial charge in [0.05, 0.1) is 17.7 Å². The molecule has 0 amide bonds. The van der Waals surface area contributed by atoms with Crippen molar-refractivity contribution in [3.8, 4) is 28.4 Å². The summed E-state index contributed by atoms with van der Waals surface area (Å²) in [5.74, 6) is 2.51. The Bertz CT molecular complexity index is 2860. The fourth-order valence-corrected chi connectivity index (χ4v) is 9.11. The third kappa shape index (κ3) is 8.64. The van der Waals surface area contributed by atoms with Gasteiger partial charge >= 0.3 is 0 Å². The van der Waals surface area contributed by atoms with Gasteiger partial charge in [-0.3, -0.25) is 4.57 Å². The molecule has 5 aromatic carbocycles. The van der Waals surface area contributed by atoms with Crippen LogP contribution in [0.3, 0.4) is 0 Å². The molecule has 0 saturated carbocycles. The van der Waals surface area contributed by atoms with E-state index in [2.05, 4.69) is 240 Å². The number of benzene rings is 5. The number of fused-ring (bicyclic) bond motifs is 3. The molecule has 0 bridgehead atoms. The largest absolute Gasteiger partial charge is 0.457 e. The minimum Gasteiger partial charge on any atom is -0.457 e. The van der Waals surface area contributed by atoms with Gasteiger partial charge in [-0.25, -0.2) is 4.98 Å². The van der Waals surface area contributed by atoms with E-state index in [1.54, 1.807) is 0 Å². The quantitative estimate of drug-likeness (QED) is 0.167. The van der Waals surface area contributed by atoms with Crippen LogP contribution in [0.15, 0.2) is 139 Å². The highest BCUT2D eigenvalue weighted by atomic mass is 16.5. The van der Waals surface area contributed by atoms with E-state index in [0.29, 0.717) is 6.67 Å². The average molecular weight is 837 g/mol. The predicted octanol–water partition coefficient (Wildman–Crippen LogP) is 16.1. The highest BCUT2D eigenvalue weighted by molar-refractivity contribution is 6.09. The van der Waals surface area contributed by atoms with Gasteiger partial charge in [0.2, 0.25) is 0 Å². The molecule has 3 heterocycles. The first kappa shape index (κ1) is 43.8. The fraction of sp³-hybridized carbons (Fsp3) is 0.362. The lowest BCUT2D eigenvalue weighted by Gasteiger charge is -2.35. The van der Waals surface area contributed by atoms with Gasteiger partial charge in [0, 0.05) is 62.7 Å². The Morgan fingerprint density at radius 3 is 1.59 bits per heavy atom. The molecule has 1 aliphatic rings. The zero-order chi connectivity index (χ0) is 45.4. The molecular weight excluding hydrogens is 769 g/mol. The summed E-state index contributed by atoms with van der Waals surface area (Å²) in [6.07, 6.45) is 1.94. The van der Waals surface area contributed by atoms with Crippen molar-refractivity contribution in [1.29, 1.82) is 0 Å². The maximum absolute atomic E-state index is 7.04. The molecule has 0 fully saturated rings. The van der Waals surface area contributed by atoms with E-state index in [9.17, 15) is 0 Å². The summed E-state index contributed by atoms with van der Waals surface area (Å²) >= 11 is 0. The van der Waals surface area contributed by atoms with Crippen LogP contribution in [-0.2, 0) is 16.2 Å². The van der Waals surface area contributed by atoms with Crippen LogP contribution in [0.4, 0.5) is 11.4 Å². The number of ether oxygens (including phenoxy) is 1. The molecule has 0 radical (unpaired) electrons. The maximum atomic E-state index is 7.04. The Balaban J connectivity index is 1.27. The van der Waals surface area contributed by atoms with Crippen molar-refractivity contribution in [2.75, 3.05) is 16.5 Å². The first-order valence-electron chi connectivity index (χ1n) is 22.7. The van der Waals surface area contributed by atoms with Gasteiger partial charge in [-0.15, -0.1) is 0 Å². The van der Waals surface area contributed by atoms with Crippen LogP contribution in [0.1, 0.15) is 121 Å². The molecule has 2 aromatic heterocycles. The van der Waals surface area contributed by atoms with Gasteiger partial charge in [0.15, 0.2) is 0 Å². The number of pyridine rings is 1. The molecule has 0 saturated heterocycles. The topological polar surface area (TPSA) is 33.5 Å². The van der Waals surface area contributed by atoms with E-state index in [-0.39, 0.29) is 27.1 Å². The van der Waals surface area contributed by atoms with Gasteiger partial charge in [-0.2, -0.15) is 0 Å². The number of para-hydroxylation sites is 1. The van der Waals surface area contributed by atoms with Gasteiger partial charge < -0.3 is 14.5 Å². The summed E-state index contributed by atoms with van der Waals surface area (Å²) in [7, 11) is 0. The molecule has 5 nitrogen and oxygen atoms in total. The van der Waals surface area contributed by atoms with Crippen molar-refractivity contribution in [3.05, 3.63) is 156 Å². The summed E-state index contributed by atoms with van der Waals surface area (Å²) < 4.78 is 9.33. The normalized spacial score (nSPS) is 14.4. The van der Waals surface area contributed by atoms with E-state index < -0.39 is 0 Å². The number of aromatic nitrogens is 2. The summed E-state index contributed by atoms with van der Waals surface area (Å²) in [6.45, 7) is 35.4. The molecule has 0 N–H and O–H groups in total. The standard InChI is InChI=1S/C58H68N4O/c1-54(2,3)40-27-28-59-51(34-40)62-49-24-20-19-23-47(49)48-26-25-45(36-50(48)62)63-46-33-42(56(7,8)9)32-44(35-46)61-37-60(52(57(10,11)12)53(61)58(13,14)15)43-30-39(38-21-17-16-18-22-38)29-41(31-43)55(4,5)6/h16-36H,37H2,1-15H3. The third-order valence-corrected chi connectivity index (χ3v) is 12.5. The van der Waals surface area contributed by atoms with Crippen LogP contribution in [0, 0.1) is 10.8 Å². The highest BCUT2D eigenvalue weighted by Gasteiger charge is 2.42. The molecule has 8 rings (SSSR count). The second-order valence-corrected chi connectivity index (χ2v) is 22.8. The number of rotatable bonds is 6. The van der Waals surface area contributed by atoms with Crippen molar-refractivity contribution >= 4 is 33.2 Å². The predicted molar refractivity (Wildman–Crippen MR) is 269 cm³/mol. The molecule has 63 heavy (non-hydrogen) atoms. The number of anilines is 2. The Hall–Kier alpha value is -5.81. The second kappa shape index (κ2) is 15.5. The number of hydrogen-bond donors (Lipinski definition) is 0. The van der Waals surface area contributed by atoms with Crippen LogP contribution in [0.25, 0.3) is 38.8 Å². The maximum Gasteiger partial charge on any atom is 0.137 e. The first-order chi connectivity index (χ1) is 29.4. The SMILES string of the molecule is CC(C)(C)C1=C(C(C)(C)C)N(c2cc(-c3ccccc3)cc(C(C)(C)C)c2)CN1c1cc(Oc2ccc3c4ccccc4n(-c4cc(C(C)(C)C)ccn4)c3c2)cc(C(C)(C)C)c1. The zero-order valence-corrected chi connectivity index (χ0v) is 40.5. The van der Waals surface area contributed by atoms with Crippen LogP contribution in [-0.4, -0.2) is 16.2 Å². The number of hydrogen-bond acceptors (Lipinski definition) is 4. The van der Waals surface area contributed by atoms with Crippen molar-refractivity contribution in [2.24, 2.45) is 10.8 Å². The van der Waals surface area contributed by atoms with Gasteiger partial charge in [0.1, 0.15) is 17.3 Å². The van der Waals surface area contributed by atoms with Crippen molar-refractivity contribution in [3.63, 3.8) is 0 Å². The minimum atomic E-state index is -0.170. The summed E-state index contributed by atoms with van der Waals surface area (Å²) in [5, 5.41) is 2.36. The monoisotopic (exact) mass is 837 g/mol. The minimum absolute atomic E-state index is 0.00979. The Morgan fingerprint density at radius 1 is 0.429 bits per heavy atom. The van der Waals surface area contributed by atoms with Crippen molar-refractivity contribution < 1.29 is 4.74 Å². The fourth-order valence-electron chi connectivity index (χ4n) is 9.11. The zero-order valence-electron chi connectivity index (χ0n) is 40.5. The van der Waals surface area contributed by atoms with E-state index >= 15 is 0 Å². The molecule has 5 heteroatoms. The van der Waals surface area contributed by atoms with E-state index in [1.807, 2.05) is 6.20 Å². The van der Waals surface area contributed by atoms with Crippen LogP contribution in [0.2, 0.25) is 0 Å². The summed E-state index contributed by atoms with van der Waals surface area (Å²) in [5.41, 5.74) is 12.9. The lowest BCUT2D eigenvalue weighted by Crippen LogP contribution is -2.31. The Labute approximate surface area is 377 Å². The van der Waals surface area contributed by atoms with Gasteiger partial charge in [-0.05, 0) is 98.7 Å². The Kier molecular flexibility index (Phi) is 10.8. The van der Waals surface area contributed by atoms with Gasteiger partial charge in [0.25, 0.3) is 0 Å². The average Bonchev–Trinajstić information content (AvgIpc) is 3.78. The number of allylic oxidation sites excluding steroid dienone is 2. The van der Waals surface area contributed by atoms with E-state index in [4.69, 9.17) is 9.72 Å². The van der Waals surface area contributed by atoms with Crippen molar-refractivity contribution in [1.82, 2.24) is 9.55 Å². The molecule has 7 aromatic rings. The lowest BCUT2D eigenvalue weighted by atomic mass is 9.81. The summed E-state index contributed by atoms with van der Waals surface area (Å²) in [4.78, 5) is 10.1. The first-order valence-corrected chi connectivity index (χ1v) is 22.7. The van der Waals surface area contributed by atoms with Crippen LogP contribution in [0.5, 0.6) is 11.5 Å². The van der Waals surface area contributed by atoms with Crippen molar-refractivity contribution in [2.45, 2.75) is 120 Å². The molecular formula is C58H68N4O. The number of nitrogens with zero attached hydrogens (tertiary/aromatic N) is 4. The van der Waals surface area contributed by atoms with E-state index in [0.717, 1.165) is 34.0 Å². The third-order valence-electron chi connectivity index (χ3n) is 12.5. The van der Waals surface area contributed by atoms with Crippen LogP contribution < -0.4 is 14.5 Å². The second-order valence-electron chi connectivity index (χ2n) is 22.8. The Morgan fingerprint density at radius 2 is 0.984 bits per heavy atom. The molecule has 326 valence electrons. The molecule has 0 atom stereocenters. The summed E-state index contributed by atoms with van der Waals surface area (Å²) in [6, 6.07) is 44.4.